The van der Waals surface area contributed by atoms with Gasteiger partial charge < -0.3 is 24.0 Å². The lowest BCUT2D eigenvalue weighted by atomic mass is 9.82. The first-order chi connectivity index (χ1) is 17.2. The fourth-order valence-electron chi connectivity index (χ4n) is 4.93. The number of hydrogen-bond donors (Lipinski definition) is 1. The number of hydrogen-bond acceptors (Lipinski definition) is 8. The third-order valence-electron chi connectivity index (χ3n) is 6.66. The van der Waals surface area contributed by atoms with Crippen LogP contribution < -0.4 is 19.9 Å². The van der Waals surface area contributed by atoms with Crippen molar-refractivity contribution in [1.82, 2.24) is 15.4 Å². The first kappa shape index (κ1) is 25.8. The second-order valence-corrected chi connectivity index (χ2v) is 10.2. The van der Waals surface area contributed by atoms with Crippen molar-refractivity contribution in [2.75, 3.05) is 51.9 Å². The molecule has 1 aromatic heterocycles. The summed E-state index contributed by atoms with van der Waals surface area (Å²) < 4.78 is 16.9. The number of pyridine rings is 1. The number of piperidine rings is 1. The molecule has 1 saturated heterocycles. The largest absolute Gasteiger partial charge is 0.497 e. The maximum Gasteiger partial charge on any atom is 0.410 e. The van der Waals surface area contributed by atoms with Gasteiger partial charge in [-0.05, 0) is 57.7 Å². The van der Waals surface area contributed by atoms with Gasteiger partial charge in [0.15, 0.2) is 5.75 Å². The molecule has 196 valence electrons. The van der Waals surface area contributed by atoms with E-state index >= 15 is 0 Å². The molecule has 4 rings (SSSR count). The number of carbonyl (C=O) groups excluding carboxylic acids is 2. The van der Waals surface area contributed by atoms with Gasteiger partial charge in [0.2, 0.25) is 5.91 Å². The summed E-state index contributed by atoms with van der Waals surface area (Å²) in [4.78, 5) is 38.9. The van der Waals surface area contributed by atoms with E-state index in [1.165, 1.54) is 7.11 Å². The van der Waals surface area contributed by atoms with Crippen LogP contribution in [0.4, 0.5) is 10.5 Å². The molecule has 10 heteroatoms. The molecule has 2 aliphatic rings. The number of aromatic nitrogens is 1. The summed E-state index contributed by atoms with van der Waals surface area (Å²) in [5, 5.41) is 0.972. The molecule has 1 N–H and O–H groups in total. The maximum absolute atomic E-state index is 12.9. The Morgan fingerprint density at radius 1 is 1.22 bits per heavy atom. The van der Waals surface area contributed by atoms with Crippen molar-refractivity contribution in [3.05, 3.63) is 24.4 Å². The van der Waals surface area contributed by atoms with Crippen LogP contribution >= 0.6 is 0 Å². The van der Waals surface area contributed by atoms with Crippen LogP contribution in [0, 0.1) is 11.8 Å². The molecule has 0 radical (unpaired) electrons. The fourth-order valence-corrected chi connectivity index (χ4v) is 4.93. The SMILES string of the molecule is CONC(=O)C1CN(C(=O)OC(C)(C)C)CCC1CCN1CCOc2cnc3ccc(OC)cc3c21. The van der Waals surface area contributed by atoms with Gasteiger partial charge in [-0.15, -0.1) is 0 Å². The Balaban J connectivity index is 1.52. The number of likely N-dealkylation sites (tertiary alicyclic amines) is 1. The van der Waals surface area contributed by atoms with Gasteiger partial charge in [0.25, 0.3) is 0 Å². The zero-order chi connectivity index (χ0) is 25.9. The molecule has 2 amide bonds. The number of nitrogens with one attached hydrogen (secondary N) is 1. The molecule has 1 aromatic carbocycles. The molecule has 2 aliphatic heterocycles. The van der Waals surface area contributed by atoms with Crippen molar-refractivity contribution in [1.29, 1.82) is 0 Å². The van der Waals surface area contributed by atoms with E-state index in [-0.39, 0.29) is 11.8 Å². The third-order valence-corrected chi connectivity index (χ3v) is 6.66. The highest BCUT2D eigenvalue weighted by Gasteiger charge is 2.38. The zero-order valence-corrected chi connectivity index (χ0v) is 21.7. The number of rotatable bonds is 6. The molecule has 0 saturated carbocycles. The number of fused-ring (bicyclic) bond motifs is 3. The molecule has 2 atom stereocenters. The maximum atomic E-state index is 12.9. The Kier molecular flexibility index (Phi) is 7.73. The Labute approximate surface area is 211 Å². The van der Waals surface area contributed by atoms with E-state index in [0.29, 0.717) is 26.1 Å². The van der Waals surface area contributed by atoms with Gasteiger partial charge in [-0.1, -0.05) is 0 Å². The van der Waals surface area contributed by atoms with Crippen molar-refractivity contribution < 1.29 is 28.6 Å². The monoisotopic (exact) mass is 500 g/mol. The van der Waals surface area contributed by atoms with E-state index < -0.39 is 17.6 Å². The average molecular weight is 501 g/mol. The van der Waals surface area contributed by atoms with Crippen LogP contribution in [0.2, 0.25) is 0 Å². The average Bonchev–Trinajstić information content (AvgIpc) is 2.85. The van der Waals surface area contributed by atoms with Crippen molar-refractivity contribution in [2.45, 2.75) is 39.2 Å². The van der Waals surface area contributed by atoms with E-state index in [4.69, 9.17) is 19.0 Å². The Morgan fingerprint density at radius 3 is 2.75 bits per heavy atom. The van der Waals surface area contributed by atoms with Crippen molar-refractivity contribution in [3.63, 3.8) is 0 Å². The molecule has 10 nitrogen and oxygen atoms in total. The predicted molar refractivity (Wildman–Crippen MR) is 135 cm³/mol. The summed E-state index contributed by atoms with van der Waals surface area (Å²) in [6.45, 7) is 8.37. The van der Waals surface area contributed by atoms with E-state index in [2.05, 4.69) is 15.4 Å². The van der Waals surface area contributed by atoms with Crippen LogP contribution in [0.5, 0.6) is 11.5 Å². The summed E-state index contributed by atoms with van der Waals surface area (Å²) in [5.74, 6) is 0.954. The molecular formula is C26H36N4O6. The molecule has 1 fully saturated rings. The summed E-state index contributed by atoms with van der Waals surface area (Å²) in [7, 11) is 3.06. The summed E-state index contributed by atoms with van der Waals surface area (Å²) in [5.41, 5.74) is 3.74. The van der Waals surface area contributed by atoms with Crippen LogP contribution in [0.15, 0.2) is 24.4 Å². The number of hydroxylamine groups is 1. The second kappa shape index (κ2) is 10.8. The molecular weight excluding hydrogens is 464 g/mol. The van der Waals surface area contributed by atoms with Crippen LogP contribution in [0.25, 0.3) is 10.9 Å². The van der Waals surface area contributed by atoms with E-state index in [1.807, 2.05) is 39.0 Å². The lowest BCUT2D eigenvalue weighted by molar-refractivity contribution is -0.139. The number of anilines is 1. The summed E-state index contributed by atoms with van der Waals surface area (Å²) >= 11 is 0. The minimum atomic E-state index is -0.595. The minimum absolute atomic E-state index is 0.0766. The second-order valence-electron chi connectivity index (χ2n) is 10.2. The van der Waals surface area contributed by atoms with Crippen molar-refractivity contribution in [2.24, 2.45) is 11.8 Å². The molecule has 0 aliphatic carbocycles. The smallest absolute Gasteiger partial charge is 0.410 e. The molecule has 2 unspecified atom stereocenters. The van der Waals surface area contributed by atoms with Gasteiger partial charge in [-0.3, -0.25) is 14.6 Å². The van der Waals surface area contributed by atoms with E-state index in [0.717, 1.165) is 47.6 Å². The summed E-state index contributed by atoms with van der Waals surface area (Å²) in [6, 6.07) is 5.82. The zero-order valence-electron chi connectivity index (χ0n) is 21.7. The lowest BCUT2D eigenvalue weighted by Crippen LogP contribution is -2.51. The minimum Gasteiger partial charge on any atom is -0.497 e. The Hall–Kier alpha value is -3.27. The number of carbonyl (C=O) groups is 2. The molecule has 3 heterocycles. The number of amides is 2. The quantitative estimate of drug-likeness (QED) is 0.603. The van der Waals surface area contributed by atoms with Gasteiger partial charge in [-0.2, -0.15) is 0 Å². The lowest BCUT2D eigenvalue weighted by Gasteiger charge is -2.39. The molecule has 36 heavy (non-hydrogen) atoms. The van der Waals surface area contributed by atoms with Gasteiger partial charge in [0, 0.05) is 25.0 Å². The van der Waals surface area contributed by atoms with Crippen molar-refractivity contribution >= 4 is 28.6 Å². The van der Waals surface area contributed by atoms with Crippen LogP contribution in [-0.2, 0) is 14.4 Å². The predicted octanol–water partition coefficient (Wildman–Crippen LogP) is 3.38. The van der Waals surface area contributed by atoms with Crippen LogP contribution in [-0.4, -0.2) is 74.5 Å². The standard InChI is InChI=1S/C26H36N4O6/c1-26(2,3)36-25(32)30-11-9-17(20(16-30)24(31)28-34-5)8-10-29-12-13-35-22-15-27-21-7-6-18(33-4)14-19(21)23(22)29/h6-7,14-15,17,20H,8-13,16H2,1-5H3,(H,28,31). The van der Waals surface area contributed by atoms with Gasteiger partial charge in [0.1, 0.15) is 18.0 Å². The van der Waals surface area contributed by atoms with Crippen LogP contribution in [0.3, 0.4) is 0 Å². The third kappa shape index (κ3) is 5.75. The van der Waals surface area contributed by atoms with Gasteiger partial charge in [-0.25, -0.2) is 10.3 Å². The highest BCUT2D eigenvalue weighted by Crippen LogP contribution is 2.39. The van der Waals surface area contributed by atoms with E-state index in [1.54, 1.807) is 18.2 Å². The fraction of sp³-hybridized carbons (Fsp3) is 0.577. The first-order valence-electron chi connectivity index (χ1n) is 12.4. The summed E-state index contributed by atoms with van der Waals surface area (Å²) in [6.07, 6.45) is 2.84. The molecule has 2 aromatic rings. The Bertz CT molecular complexity index is 1100. The van der Waals surface area contributed by atoms with Gasteiger partial charge in [0.05, 0.1) is 44.1 Å². The number of nitrogens with zero attached hydrogens (tertiary/aromatic N) is 3. The van der Waals surface area contributed by atoms with E-state index in [9.17, 15) is 9.59 Å². The van der Waals surface area contributed by atoms with Gasteiger partial charge >= 0.3 is 6.09 Å². The highest BCUT2D eigenvalue weighted by atomic mass is 16.6. The Morgan fingerprint density at radius 2 is 2.03 bits per heavy atom. The van der Waals surface area contributed by atoms with Crippen molar-refractivity contribution in [3.8, 4) is 11.5 Å². The number of benzene rings is 1. The first-order valence-corrected chi connectivity index (χ1v) is 12.4. The molecule has 0 bridgehead atoms. The topological polar surface area (TPSA) is 102 Å². The molecule has 0 spiro atoms. The number of ether oxygens (including phenoxy) is 3. The normalized spacial score (nSPS) is 19.9. The van der Waals surface area contributed by atoms with Crippen LogP contribution in [0.1, 0.15) is 33.6 Å². The number of methoxy groups -OCH3 is 1. The highest BCUT2D eigenvalue weighted by molar-refractivity contribution is 5.96.